The normalized spacial score (nSPS) is 19.6. The highest BCUT2D eigenvalue weighted by atomic mass is 16.5. The molecule has 1 unspecified atom stereocenters. The third kappa shape index (κ3) is 2.70. The second kappa shape index (κ2) is 6.35. The van der Waals surface area contributed by atoms with Crippen molar-refractivity contribution in [2.75, 3.05) is 13.7 Å². The SMILES string of the molecule is CCOC(=O)C1(c2nc(C(C)OC)no2)CCCCC1. The van der Waals surface area contributed by atoms with E-state index >= 15 is 0 Å². The van der Waals surface area contributed by atoms with Crippen molar-refractivity contribution in [1.82, 2.24) is 10.1 Å². The van der Waals surface area contributed by atoms with Crippen LogP contribution in [0.2, 0.25) is 0 Å². The molecule has 0 spiro atoms. The lowest BCUT2D eigenvalue weighted by atomic mass is 9.74. The highest BCUT2D eigenvalue weighted by molar-refractivity contribution is 5.82. The van der Waals surface area contributed by atoms with Gasteiger partial charge in [0, 0.05) is 7.11 Å². The average molecular weight is 282 g/mol. The van der Waals surface area contributed by atoms with Crippen molar-refractivity contribution in [2.45, 2.75) is 57.5 Å². The zero-order valence-corrected chi connectivity index (χ0v) is 12.3. The van der Waals surface area contributed by atoms with Gasteiger partial charge in [0.15, 0.2) is 5.82 Å². The number of carbonyl (C=O) groups excluding carboxylic acids is 1. The van der Waals surface area contributed by atoms with Crippen LogP contribution in [-0.2, 0) is 19.7 Å². The Bertz CT molecular complexity index is 452. The summed E-state index contributed by atoms with van der Waals surface area (Å²) in [6.45, 7) is 4.00. The van der Waals surface area contributed by atoms with Crippen molar-refractivity contribution in [3.05, 3.63) is 11.7 Å². The Labute approximate surface area is 118 Å². The van der Waals surface area contributed by atoms with E-state index in [0.717, 1.165) is 19.3 Å². The quantitative estimate of drug-likeness (QED) is 0.773. The number of esters is 1. The van der Waals surface area contributed by atoms with Gasteiger partial charge >= 0.3 is 5.97 Å². The van der Waals surface area contributed by atoms with Crippen molar-refractivity contribution in [1.29, 1.82) is 0 Å². The Balaban J connectivity index is 2.31. The average Bonchev–Trinajstić information content (AvgIpc) is 2.97. The molecular weight excluding hydrogens is 260 g/mol. The number of nitrogens with zero attached hydrogens (tertiary/aromatic N) is 2. The van der Waals surface area contributed by atoms with E-state index in [1.165, 1.54) is 0 Å². The smallest absolute Gasteiger partial charge is 0.321 e. The molecule has 0 N–H and O–H groups in total. The van der Waals surface area contributed by atoms with Crippen molar-refractivity contribution < 1.29 is 18.8 Å². The fraction of sp³-hybridized carbons (Fsp3) is 0.786. The number of hydrogen-bond donors (Lipinski definition) is 0. The first-order valence-electron chi connectivity index (χ1n) is 7.18. The van der Waals surface area contributed by atoms with E-state index in [9.17, 15) is 4.79 Å². The lowest BCUT2D eigenvalue weighted by Crippen LogP contribution is -2.39. The molecule has 1 fully saturated rings. The van der Waals surface area contributed by atoms with Gasteiger partial charge in [-0.2, -0.15) is 4.98 Å². The highest BCUT2D eigenvalue weighted by Gasteiger charge is 2.47. The molecule has 6 heteroatoms. The summed E-state index contributed by atoms with van der Waals surface area (Å²) in [5.74, 6) is 0.589. The topological polar surface area (TPSA) is 74.5 Å². The van der Waals surface area contributed by atoms with E-state index in [4.69, 9.17) is 14.0 Å². The first kappa shape index (κ1) is 15.0. The van der Waals surface area contributed by atoms with E-state index in [1.807, 2.05) is 6.92 Å². The fourth-order valence-electron chi connectivity index (χ4n) is 2.63. The Morgan fingerprint density at radius 2 is 2.10 bits per heavy atom. The van der Waals surface area contributed by atoms with Gasteiger partial charge < -0.3 is 14.0 Å². The van der Waals surface area contributed by atoms with Crippen LogP contribution < -0.4 is 0 Å². The molecule has 0 saturated heterocycles. The minimum atomic E-state index is -0.771. The lowest BCUT2D eigenvalue weighted by molar-refractivity contribution is -0.152. The second-order valence-electron chi connectivity index (χ2n) is 5.20. The molecule has 1 aliphatic carbocycles. The van der Waals surface area contributed by atoms with Crippen molar-refractivity contribution in [3.63, 3.8) is 0 Å². The monoisotopic (exact) mass is 282 g/mol. The van der Waals surface area contributed by atoms with Crippen LogP contribution in [0, 0.1) is 0 Å². The third-order valence-corrected chi connectivity index (χ3v) is 3.94. The minimum Gasteiger partial charge on any atom is -0.465 e. The molecule has 0 aromatic carbocycles. The predicted molar refractivity (Wildman–Crippen MR) is 71.1 cm³/mol. The zero-order chi connectivity index (χ0) is 14.6. The summed E-state index contributed by atoms with van der Waals surface area (Å²) in [5.41, 5.74) is -0.771. The molecule has 0 aliphatic heterocycles. The largest absolute Gasteiger partial charge is 0.465 e. The molecule has 6 nitrogen and oxygen atoms in total. The van der Waals surface area contributed by atoms with E-state index in [1.54, 1.807) is 14.0 Å². The summed E-state index contributed by atoms with van der Waals surface area (Å²) < 4.78 is 15.8. The molecule has 0 bridgehead atoms. The van der Waals surface area contributed by atoms with Crippen molar-refractivity contribution in [3.8, 4) is 0 Å². The highest BCUT2D eigenvalue weighted by Crippen LogP contribution is 2.40. The molecule has 1 saturated carbocycles. The van der Waals surface area contributed by atoms with Crippen LogP contribution in [-0.4, -0.2) is 29.8 Å². The van der Waals surface area contributed by atoms with Crippen LogP contribution in [0.1, 0.15) is 63.8 Å². The van der Waals surface area contributed by atoms with Crippen LogP contribution in [0.15, 0.2) is 4.52 Å². The van der Waals surface area contributed by atoms with Gasteiger partial charge in [-0.15, -0.1) is 0 Å². The van der Waals surface area contributed by atoms with Gasteiger partial charge in [0.1, 0.15) is 11.5 Å². The van der Waals surface area contributed by atoms with Gasteiger partial charge in [-0.25, -0.2) is 0 Å². The molecular formula is C14H22N2O4. The number of hydrogen-bond acceptors (Lipinski definition) is 6. The Hall–Kier alpha value is -1.43. The lowest BCUT2D eigenvalue weighted by Gasteiger charge is -2.31. The maximum Gasteiger partial charge on any atom is 0.321 e. The molecule has 20 heavy (non-hydrogen) atoms. The summed E-state index contributed by atoms with van der Waals surface area (Å²) in [6.07, 6.45) is 4.21. The van der Waals surface area contributed by atoms with E-state index < -0.39 is 5.41 Å². The summed E-state index contributed by atoms with van der Waals surface area (Å²) in [4.78, 5) is 16.8. The van der Waals surface area contributed by atoms with Crippen LogP contribution in [0.5, 0.6) is 0 Å². The van der Waals surface area contributed by atoms with Gasteiger partial charge in [-0.05, 0) is 26.7 Å². The predicted octanol–water partition coefficient (Wildman–Crippen LogP) is 2.54. The Morgan fingerprint density at radius 1 is 1.40 bits per heavy atom. The van der Waals surface area contributed by atoms with Gasteiger partial charge in [0.05, 0.1) is 6.61 Å². The molecule has 1 atom stereocenters. The van der Waals surface area contributed by atoms with Crippen molar-refractivity contribution >= 4 is 5.97 Å². The second-order valence-corrected chi connectivity index (χ2v) is 5.20. The fourth-order valence-corrected chi connectivity index (χ4v) is 2.63. The number of rotatable bonds is 5. The van der Waals surface area contributed by atoms with Crippen molar-refractivity contribution in [2.24, 2.45) is 0 Å². The van der Waals surface area contributed by atoms with E-state index in [0.29, 0.717) is 31.2 Å². The number of methoxy groups -OCH3 is 1. The van der Waals surface area contributed by atoms with E-state index in [-0.39, 0.29) is 12.1 Å². The maximum atomic E-state index is 12.4. The molecule has 112 valence electrons. The minimum absolute atomic E-state index is 0.250. The standard InChI is InChI=1S/C14H22N2O4/c1-4-19-13(17)14(8-6-5-7-9-14)12-15-11(16-20-12)10(2)18-3/h10H,4-9H2,1-3H3. The third-order valence-electron chi connectivity index (χ3n) is 3.94. The Kier molecular flexibility index (Phi) is 4.75. The van der Waals surface area contributed by atoms with Crippen LogP contribution >= 0.6 is 0 Å². The molecule has 1 aliphatic rings. The summed E-state index contributed by atoms with van der Waals surface area (Å²) in [7, 11) is 1.59. The number of ether oxygens (including phenoxy) is 2. The number of aromatic nitrogens is 2. The van der Waals surface area contributed by atoms with E-state index in [2.05, 4.69) is 10.1 Å². The van der Waals surface area contributed by atoms with Crippen LogP contribution in [0.25, 0.3) is 0 Å². The maximum absolute atomic E-state index is 12.4. The van der Waals surface area contributed by atoms with Gasteiger partial charge in [0.25, 0.3) is 0 Å². The Morgan fingerprint density at radius 3 is 2.70 bits per heavy atom. The summed E-state index contributed by atoms with van der Waals surface area (Å²) >= 11 is 0. The van der Waals surface area contributed by atoms with Gasteiger partial charge in [0.2, 0.25) is 5.89 Å². The molecule has 2 rings (SSSR count). The number of carbonyl (C=O) groups is 1. The molecule has 1 aromatic rings. The zero-order valence-electron chi connectivity index (χ0n) is 12.3. The first-order valence-corrected chi connectivity index (χ1v) is 7.18. The van der Waals surface area contributed by atoms with Gasteiger partial charge in [-0.3, -0.25) is 4.79 Å². The van der Waals surface area contributed by atoms with Crippen LogP contribution in [0.4, 0.5) is 0 Å². The summed E-state index contributed by atoms with van der Waals surface area (Å²) in [6, 6.07) is 0. The molecule has 0 radical (unpaired) electrons. The molecule has 1 aromatic heterocycles. The molecule has 0 amide bonds. The summed E-state index contributed by atoms with van der Waals surface area (Å²) in [5, 5.41) is 3.93. The van der Waals surface area contributed by atoms with Crippen LogP contribution in [0.3, 0.4) is 0 Å². The first-order chi connectivity index (χ1) is 9.64. The van der Waals surface area contributed by atoms with Gasteiger partial charge in [-0.1, -0.05) is 24.4 Å². The molecule has 1 heterocycles.